The molecule has 7 heteroatoms. The fraction of sp³-hybridized carbons (Fsp3) is 0. The number of carbonyl (C=O) groups is 1. The van der Waals surface area contributed by atoms with E-state index in [1.807, 2.05) is 18.2 Å². The second kappa shape index (κ2) is 6.50. The third-order valence-electron chi connectivity index (χ3n) is 3.98. The molecule has 0 radical (unpaired) electrons. The molecule has 0 atom stereocenters. The molecule has 0 fully saturated rings. The minimum absolute atomic E-state index is 0.176. The van der Waals surface area contributed by atoms with Crippen LogP contribution >= 0.6 is 11.6 Å². The Labute approximate surface area is 153 Å². The van der Waals surface area contributed by atoms with Crippen LogP contribution in [0, 0.1) is 0 Å². The number of nitrogens with zero attached hydrogens (tertiary/aromatic N) is 2. The van der Waals surface area contributed by atoms with E-state index in [0.29, 0.717) is 27.4 Å². The highest BCUT2D eigenvalue weighted by atomic mass is 35.5. The number of halogens is 1. The Morgan fingerprint density at radius 1 is 0.962 bits per heavy atom. The van der Waals surface area contributed by atoms with Crippen LogP contribution in [0.3, 0.4) is 0 Å². The van der Waals surface area contributed by atoms with Crippen molar-refractivity contribution < 1.29 is 14.5 Å². The molecule has 0 aliphatic carbocycles. The Balaban J connectivity index is 1.83. The van der Waals surface area contributed by atoms with E-state index in [1.165, 1.54) is 0 Å². The first-order valence-electron chi connectivity index (χ1n) is 7.74. The molecular weight excluding hydrogens is 354 g/mol. The highest BCUT2D eigenvalue weighted by Gasteiger charge is 2.15. The number of fused-ring (bicyclic) bond motifs is 1. The van der Waals surface area contributed by atoms with Gasteiger partial charge >= 0.3 is 5.97 Å². The highest BCUT2D eigenvalue weighted by Crippen LogP contribution is 2.37. The fourth-order valence-electron chi connectivity index (χ4n) is 2.78. The Morgan fingerprint density at radius 2 is 1.73 bits per heavy atom. The van der Waals surface area contributed by atoms with Gasteiger partial charge in [0.2, 0.25) is 0 Å². The number of nitrogens with one attached hydrogen (secondary N) is 1. The monoisotopic (exact) mass is 365 g/mol. The zero-order chi connectivity index (χ0) is 18.1. The van der Waals surface area contributed by atoms with Crippen molar-refractivity contribution in [2.24, 2.45) is 0 Å². The van der Waals surface area contributed by atoms with Crippen molar-refractivity contribution in [1.82, 2.24) is 10.3 Å². The molecule has 3 aromatic carbocycles. The first-order chi connectivity index (χ1) is 12.6. The SMILES string of the molecule is O=C(O)c1ccccc1Nc1cccc(Cl)c1-c1ccc2nonc2c1. The summed E-state index contributed by atoms with van der Waals surface area (Å²) < 4.78 is 4.74. The van der Waals surface area contributed by atoms with E-state index in [1.54, 1.807) is 42.5 Å². The average Bonchev–Trinajstić information content (AvgIpc) is 3.10. The smallest absolute Gasteiger partial charge is 0.337 e. The van der Waals surface area contributed by atoms with Crippen LogP contribution in [-0.2, 0) is 0 Å². The van der Waals surface area contributed by atoms with Crippen molar-refractivity contribution >= 4 is 40.0 Å². The lowest BCUT2D eigenvalue weighted by Crippen LogP contribution is -2.03. The lowest BCUT2D eigenvalue weighted by Gasteiger charge is -2.15. The number of benzene rings is 3. The van der Waals surface area contributed by atoms with Crippen molar-refractivity contribution in [1.29, 1.82) is 0 Å². The van der Waals surface area contributed by atoms with Gasteiger partial charge in [-0.25, -0.2) is 9.42 Å². The summed E-state index contributed by atoms with van der Waals surface area (Å²) in [6.45, 7) is 0. The van der Waals surface area contributed by atoms with Gasteiger partial charge in [0.25, 0.3) is 0 Å². The molecule has 0 spiro atoms. The molecule has 2 N–H and O–H groups in total. The largest absolute Gasteiger partial charge is 0.478 e. The molecule has 0 saturated heterocycles. The van der Waals surface area contributed by atoms with Crippen LogP contribution in [0.15, 0.2) is 65.3 Å². The van der Waals surface area contributed by atoms with Crippen LogP contribution in [0.4, 0.5) is 11.4 Å². The number of carboxylic acid groups (broad SMARTS) is 1. The molecule has 0 saturated carbocycles. The Morgan fingerprint density at radius 3 is 2.58 bits per heavy atom. The number of aromatic nitrogens is 2. The third-order valence-corrected chi connectivity index (χ3v) is 4.30. The van der Waals surface area contributed by atoms with E-state index < -0.39 is 5.97 Å². The lowest BCUT2D eigenvalue weighted by atomic mass is 10.0. The Bertz CT molecular complexity index is 1120. The maximum atomic E-state index is 11.5. The molecule has 0 bridgehead atoms. The number of hydrogen-bond acceptors (Lipinski definition) is 5. The van der Waals surface area contributed by atoms with Gasteiger partial charge in [0.15, 0.2) is 0 Å². The number of rotatable bonds is 4. The Kier molecular flexibility index (Phi) is 4.02. The van der Waals surface area contributed by atoms with Crippen LogP contribution in [0.5, 0.6) is 0 Å². The summed E-state index contributed by atoms with van der Waals surface area (Å²) in [4.78, 5) is 11.5. The van der Waals surface area contributed by atoms with Crippen LogP contribution in [0.1, 0.15) is 10.4 Å². The topological polar surface area (TPSA) is 88.2 Å². The molecule has 1 aromatic heterocycles. The molecule has 0 aliphatic rings. The van der Waals surface area contributed by atoms with Gasteiger partial charge in [0.1, 0.15) is 11.0 Å². The number of aromatic carboxylic acids is 1. The number of anilines is 2. The second-order valence-corrected chi connectivity index (χ2v) is 6.01. The summed E-state index contributed by atoms with van der Waals surface area (Å²) in [6.07, 6.45) is 0. The van der Waals surface area contributed by atoms with Crippen molar-refractivity contribution in [3.05, 3.63) is 71.2 Å². The molecule has 6 nitrogen and oxygen atoms in total. The maximum absolute atomic E-state index is 11.5. The van der Waals surface area contributed by atoms with E-state index in [9.17, 15) is 9.90 Å². The summed E-state index contributed by atoms with van der Waals surface area (Å²) >= 11 is 6.44. The first-order valence-corrected chi connectivity index (χ1v) is 8.12. The van der Waals surface area contributed by atoms with Gasteiger partial charge in [-0.05, 0) is 52.3 Å². The van der Waals surface area contributed by atoms with Crippen molar-refractivity contribution in [2.75, 3.05) is 5.32 Å². The molecular formula is C19H12ClN3O3. The molecule has 0 amide bonds. The van der Waals surface area contributed by atoms with Crippen LogP contribution in [0.2, 0.25) is 5.02 Å². The van der Waals surface area contributed by atoms with Gasteiger partial charge in [-0.15, -0.1) is 0 Å². The average molecular weight is 366 g/mol. The fourth-order valence-corrected chi connectivity index (χ4v) is 3.07. The number of hydrogen-bond donors (Lipinski definition) is 2. The van der Waals surface area contributed by atoms with Crippen LogP contribution in [-0.4, -0.2) is 21.4 Å². The summed E-state index contributed by atoms with van der Waals surface area (Å²) in [5.41, 5.74) is 4.14. The van der Waals surface area contributed by atoms with Gasteiger partial charge in [0.05, 0.1) is 16.3 Å². The molecule has 26 heavy (non-hydrogen) atoms. The first kappa shape index (κ1) is 16.1. The lowest BCUT2D eigenvalue weighted by molar-refractivity contribution is 0.0698. The predicted molar refractivity (Wildman–Crippen MR) is 98.9 cm³/mol. The molecule has 0 aliphatic heterocycles. The summed E-state index contributed by atoms with van der Waals surface area (Å²) in [7, 11) is 0. The predicted octanol–water partition coefficient (Wildman–Crippen LogP) is 4.99. The van der Waals surface area contributed by atoms with Crippen molar-refractivity contribution in [3.8, 4) is 11.1 Å². The van der Waals surface area contributed by atoms with Gasteiger partial charge in [0, 0.05) is 11.3 Å². The molecule has 4 aromatic rings. The molecule has 128 valence electrons. The van der Waals surface area contributed by atoms with Gasteiger partial charge in [-0.3, -0.25) is 0 Å². The van der Waals surface area contributed by atoms with Gasteiger partial charge in [-0.1, -0.05) is 35.9 Å². The minimum Gasteiger partial charge on any atom is -0.478 e. The maximum Gasteiger partial charge on any atom is 0.337 e. The Hall–Kier alpha value is -3.38. The molecule has 0 unspecified atom stereocenters. The second-order valence-electron chi connectivity index (χ2n) is 5.61. The minimum atomic E-state index is -1.01. The zero-order valence-corrected chi connectivity index (χ0v) is 14.1. The zero-order valence-electron chi connectivity index (χ0n) is 13.3. The van der Waals surface area contributed by atoms with Crippen molar-refractivity contribution in [3.63, 3.8) is 0 Å². The van der Waals surface area contributed by atoms with Crippen molar-refractivity contribution in [2.45, 2.75) is 0 Å². The summed E-state index contributed by atoms with van der Waals surface area (Å²) in [6, 6.07) is 17.6. The van der Waals surface area contributed by atoms with E-state index in [0.717, 1.165) is 11.1 Å². The van der Waals surface area contributed by atoms with E-state index >= 15 is 0 Å². The number of carboxylic acids is 1. The van der Waals surface area contributed by atoms with Gasteiger partial charge < -0.3 is 10.4 Å². The molecule has 4 rings (SSSR count). The third kappa shape index (κ3) is 2.87. The quantitative estimate of drug-likeness (QED) is 0.530. The summed E-state index contributed by atoms with van der Waals surface area (Å²) in [5, 5.41) is 20.7. The summed E-state index contributed by atoms with van der Waals surface area (Å²) in [5.74, 6) is -1.01. The van der Waals surface area contributed by atoms with Crippen LogP contribution < -0.4 is 5.32 Å². The molecule has 1 heterocycles. The van der Waals surface area contributed by atoms with E-state index in [-0.39, 0.29) is 5.56 Å². The van der Waals surface area contributed by atoms with E-state index in [4.69, 9.17) is 16.2 Å². The van der Waals surface area contributed by atoms with Gasteiger partial charge in [-0.2, -0.15) is 0 Å². The standard InChI is InChI=1S/C19H12ClN3O3/c20-13-5-3-7-16(21-14-6-2-1-4-12(14)19(24)25)18(13)11-8-9-15-17(10-11)23-26-22-15/h1-10,21H,(H,24,25). The van der Waals surface area contributed by atoms with E-state index in [2.05, 4.69) is 15.6 Å². The number of para-hydroxylation sites is 1. The normalized spacial score (nSPS) is 10.8. The van der Waals surface area contributed by atoms with Crippen LogP contribution in [0.25, 0.3) is 22.2 Å². The highest BCUT2D eigenvalue weighted by molar-refractivity contribution is 6.34.